The normalized spacial score (nSPS) is 17.0. The summed E-state index contributed by atoms with van der Waals surface area (Å²) in [5.74, 6) is 0.0107. The molecule has 1 aliphatic rings. The topological polar surface area (TPSA) is 91.0 Å². The summed E-state index contributed by atoms with van der Waals surface area (Å²) in [6.45, 7) is 14.3. The van der Waals surface area contributed by atoms with Gasteiger partial charge < -0.3 is 10.2 Å². The monoisotopic (exact) mass is 454 g/mol. The first-order valence-corrected chi connectivity index (χ1v) is 12.1. The van der Waals surface area contributed by atoms with Gasteiger partial charge in [0, 0.05) is 38.3 Å². The number of benzene rings is 1. The van der Waals surface area contributed by atoms with Crippen LogP contribution >= 0.6 is 0 Å². The molecular weight excluding hydrogens is 416 g/mol. The fourth-order valence-corrected chi connectivity index (χ4v) is 4.76. The summed E-state index contributed by atoms with van der Waals surface area (Å²) in [5.41, 5.74) is 2.84. The van der Waals surface area contributed by atoms with Crippen LogP contribution in [0.4, 0.5) is 0 Å². The highest BCUT2D eigenvalue weighted by Gasteiger charge is 2.31. The lowest BCUT2D eigenvalue weighted by Gasteiger charge is -2.37. The quantitative estimate of drug-likeness (QED) is 0.521. The smallest absolute Gasteiger partial charge is 0.312 e. The van der Waals surface area contributed by atoms with E-state index in [1.807, 2.05) is 34.6 Å². The van der Waals surface area contributed by atoms with Gasteiger partial charge in [-0.3, -0.25) is 9.69 Å². The molecule has 0 aromatic heterocycles. The van der Waals surface area contributed by atoms with E-state index in [2.05, 4.69) is 27.6 Å². The van der Waals surface area contributed by atoms with Gasteiger partial charge in [-0.15, -0.1) is 0 Å². The third-order valence-corrected chi connectivity index (χ3v) is 6.58. The Morgan fingerprint density at radius 2 is 1.65 bits per heavy atom. The Balaban J connectivity index is 1.81. The molecular formula is C22H38N4O4S. The standard InChI is InChI=1S/C22H38N4O4S/c1-18-7-9-19(10-8-18)31(28,29)30-23-17-21(2,3)16-22(4,5)24-20(27)15-26-13-11-25(6)12-14-26/h7-10,23H,11-17H2,1-6H3,(H,24,27). The Kier molecular flexibility index (Phi) is 8.63. The summed E-state index contributed by atoms with van der Waals surface area (Å²) < 4.78 is 29.7. The van der Waals surface area contributed by atoms with E-state index < -0.39 is 15.7 Å². The summed E-state index contributed by atoms with van der Waals surface area (Å²) in [7, 11) is -1.78. The molecule has 9 heteroatoms. The largest absolute Gasteiger partial charge is 0.350 e. The first-order valence-electron chi connectivity index (χ1n) is 10.7. The molecule has 8 nitrogen and oxygen atoms in total. The van der Waals surface area contributed by atoms with E-state index in [1.54, 1.807) is 12.1 Å². The van der Waals surface area contributed by atoms with Gasteiger partial charge in [-0.2, -0.15) is 18.2 Å². The van der Waals surface area contributed by atoms with Crippen molar-refractivity contribution in [1.82, 2.24) is 20.6 Å². The lowest BCUT2D eigenvalue weighted by Crippen LogP contribution is -2.53. The number of hydrogen-bond acceptors (Lipinski definition) is 7. The van der Waals surface area contributed by atoms with E-state index in [0.29, 0.717) is 19.5 Å². The van der Waals surface area contributed by atoms with Gasteiger partial charge in [-0.05, 0) is 51.8 Å². The zero-order chi connectivity index (χ0) is 23.3. The van der Waals surface area contributed by atoms with Crippen molar-refractivity contribution in [2.24, 2.45) is 5.41 Å². The number of aryl methyl sites for hydroxylation is 1. The number of nitrogens with zero attached hydrogens (tertiary/aromatic N) is 2. The third kappa shape index (κ3) is 8.86. The molecule has 1 aromatic carbocycles. The van der Waals surface area contributed by atoms with E-state index in [0.717, 1.165) is 31.7 Å². The molecule has 0 bridgehead atoms. The molecule has 1 saturated heterocycles. The predicted molar refractivity (Wildman–Crippen MR) is 122 cm³/mol. The second kappa shape index (κ2) is 10.4. The van der Waals surface area contributed by atoms with E-state index in [4.69, 9.17) is 4.28 Å². The summed E-state index contributed by atoms with van der Waals surface area (Å²) in [6.07, 6.45) is 0.648. The minimum absolute atomic E-state index is 0.0107. The second-order valence-corrected chi connectivity index (χ2v) is 11.6. The molecule has 2 N–H and O–H groups in total. The molecule has 0 aliphatic carbocycles. The second-order valence-electron chi connectivity index (χ2n) is 10.0. The summed E-state index contributed by atoms with van der Waals surface area (Å²) >= 11 is 0. The third-order valence-electron chi connectivity index (χ3n) is 5.39. The summed E-state index contributed by atoms with van der Waals surface area (Å²) in [5, 5.41) is 3.13. The number of carbonyl (C=O) groups excluding carboxylic acids is 1. The molecule has 1 aromatic rings. The van der Waals surface area contributed by atoms with Gasteiger partial charge in [-0.25, -0.2) is 0 Å². The van der Waals surface area contributed by atoms with Crippen LogP contribution in [0.2, 0.25) is 0 Å². The van der Waals surface area contributed by atoms with Crippen LogP contribution in [0.5, 0.6) is 0 Å². The van der Waals surface area contributed by atoms with Gasteiger partial charge in [0.25, 0.3) is 0 Å². The predicted octanol–water partition coefficient (Wildman–Crippen LogP) is 1.76. The van der Waals surface area contributed by atoms with Crippen molar-refractivity contribution in [1.29, 1.82) is 0 Å². The highest BCUT2D eigenvalue weighted by molar-refractivity contribution is 7.86. The number of amides is 1. The van der Waals surface area contributed by atoms with Gasteiger partial charge in [-0.1, -0.05) is 31.5 Å². The maximum atomic E-state index is 12.5. The van der Waals surface area contributed by atoms with Crippen molar-refractivity contribution >= 4 is 16.0 Å². The first kappa shape index (κ1) is 25.7. The first-order chi connectivity index (χ1) is 14.3. The van der Waals surface area contributed by atoms with Crippen LogP contribution in [-0.4, -0.2) is 76.0 Å². The Morgan fingerprint density at radius 1 is 1.06 bits per heavy atom. The minimum Gasteiger partial charge on any atom is -0.350 e. The van der Waals surface area contributed by atoms with Crippen LogP contribution < -0.4 is 10.8 Å². The average molecular weight is 455 g/mol. The van der Waals surface area contributed by atoms with Crippen molar-refractivity contribution in [3.8, 4) is 0 Å². The van der Waals surface area contributed by atoms with Crippen molar-refractivity contribution in [2.45, 2.75) is 51.5 Å². The maximum absolute atomic E-state index is 12.5. The van der Waals surface area contributed by atoms with Crippen molar-refractivity contribution in [3.63, 3.8) is 0 Å². The van der Waals surface area contributed by atoms with Crippen LogP contribution in [0.25, 0.3) is 0 Å². The SMILES string of the molecule is Cc1ccc(S(=O)(=O)ONCC(C)(C)CC(C)(C)NC(=O)CN2CCN(C)CC2)cc1. The Morgan fingerprint density at radius 3 is 2.23 bits per heavy atom. The Bertz CT molecular complexity index is 830. The maximum Gasteiger partial charge on any atom is 0.312 e. The molecule has 176 valence electrons. The fourth-order valence-electron chi connectivity index (χ4n) is 3.98. The highest BCUT2D eigenvalue weighted by atomic mass is 32.2. The lowest BCUT2D eigenvalue weighted by molar-refractivity contribution is -0.124. The fraction of sp³-hybridized carbons (Fsp3) is 0.682. The number of rotatable bonds is 10. The van der Waals surface area contributed by atoms with Gasteiger partial charge in [0.2, 0.25) is 5.91 Å². The number of hydroxylamine groups is 1. The van der Waals surface area contributed by atoms with Crippen LogP contribution in [0, 0.1) is 12.3 Å². The van der Waals surface area contributed by atoms with Gasteiger partial charge in [0.05, 0.1) is 11.4 Å². The molecule has 1 amide bonds. The molecule has 0 saturated carbocycles. The van der Waals surface area contributed by atoms with E-state index in [-0.39, 0.29) is 16.2 Å². The number of carbonyl (C=O) groups is 1. The zero-order valence-electron chi connectivity index (χ0n) is 19.7. The Hall–Kier alpha value is -1.52. The molecule has 1 aliphatic heterocycles. The zero-order valence-corrected chi connectivity index (χ0v) is 20.5. The molecule has 2 rings (SSSR count). The average Bonchev–Trinajstić information content (AvgIpc) is 2.62. The molecule has 1 fully saturated rings. The molecule has 0 atom stereocenters. The molecule has 1 heterocycles. The van der Waals surface area contributed by atoms with Crippen molar-refractivity contribution in [2.75, 3.05) is 46.3 Å². The van der Waals surface area contributed by atoms with Crippen LogP contribution in [0.3, 0.4) is 0 Å². The van der Waals surface area contributed by atoms with Crippen LogP contribution in [-0.2, 0) is 19.2 Å². The summed E-state index contributed by atoms with van der Waals surface area (Å²) in [6, 6.07) is 6.51. The van der Waals surface area contributed by atoms with Crippen molar-refractivity contribution < 1.29 is 17.5 Å². The molecule has 31 heavy (non-hydrogen) atoms. The van der Waals surface area contributed by atoms with Crippen LogP contribution in [0.15, 0.2) is 29.2 Å². The Labute approximate surface area is 187 Å². The number of likely N-dealkylation sites (N-methyl/N-ethyl adjacent to an activating group) is 1. The highest BCUT2D eigenvalue weighted by Crippen LogP contribution is 2.27. The molecule has 0 radical (unpaired) electrons. The molecule has 0 unspecified atom stereocenters. The van der Waals surface area contributed by atoms with Gasteiger partial charge in [0.15, 0.2) is 0 Å². The van der Waals surface area contributed by atoms with E-state index >= 15 is 0 Å². The number of piperazine rings is 1. The number of nitrogens with one attached hydrogen (secondary N) is 2. The lowest BCUT2D eigenvalue weighted by atomic mass is 9.80. The van der Waals surface area contributed by atoms with Crippen molar-refractivity contribution in [3.05, 3.63) is 29.8 Å². The van der Waals surface area contributed by atoms with Crippen LogP contribution in [0.1, 0.15) is 39.7 Å². The summed E-state index contributed by atoms with van der Waals surface area (Å²) in [4.78, 5) is 17.1. The van der Waals surface area contributed by atoms with Gasteiger partial charge >= 0.3 is 10.1 Å². The van der Waals surface area contributed by atoms with E-state index in [9.17, 15) is 13.2 Å². The van der Waals surface area contributed by atoms with E-state index in [1.165, 1.54) is 12.1 Å². The number of hydrogen-bond donors (Lipinski definition) is 2. The minimum atomic E-state index is -3.87. The van der Waals surface area contributed by atoms with Gasteiger partial charge in [0.1, 0.15) is 0 Å². The molecule has 0 spiro atoms.